The zero-order valence-electron chi connectivity index (χ0n) is 15.3. The van der Waals surface area contributed by atoms with E-state index in [0.29, 0.717) is 23.7 Å². The van der Waals surface area contributed by atoms with Gasteiger partial charge in [0, 0.05) is 5.38 Å². The lowest BCUT2D eigenvalue weighted by atomic mass is 10.2. The lowest BCUT2D eigenvalue weighted by Gasteiger charge is -2.12. The summed E-state index contributed by atoms with van der Waals surface area (Å²) in [5.41, 5.74) is 2.22. The van der Waals surface area contributed by atoms with Crippen LogP contribution in [0.15, 0.2) is 53.9 Å². The molecule has 3 rings (SSSR count). The summed E-state index contributed by atoms with van der Waals surface area (Å²) in [4.78, 5) is 16.7. The van der Waals surface area contributed by atoms with Gasteiger partial charge in [-0.2, -0.15) is 0 Å². The topological polar surface area (TPSA) is 57.7 Å². The van der Waals surface area contributed by atoms with Gasteiger partial charge in [-0.25, -0.2) is 9.78 Å². The van der Waals surface area contributed by atoms with Gasteiger partial charge in [-0.05, 0) is 30.2 Å². The fourth-order valence-corrected chi connectivity index (χ4v) is 3.18. The number of ether oxygens (including phenoxy) is 3. The molecular formula is C21H21NO4S. The molecule has 0 spiro atoms. The fraction of sp³-hybridized carbons (Fsp3) is 0.238. The largest absolute Gasteiger partial charge is 0.493 e. The zero-order chi connectivity index (χ0) is 19.1. The molecule has 140 valence electrons. The molecule has 6 heteroatoms. The number of rotatable bonds is 8. The minimum Gasteiger partial charge on any atom is -0.493 e. The number of carbonyl (C=O) groups excluding carboxylic acids is 1. The summed E-state index contributed by atoms with van der Waals surface area (Å²) in [6, 6.07) is 14.9. The predicted octanol–water partition coefficient (Wildman–Crippen LogP) is 4.65. The van der Waals surface area contributed by atoms with Gasteiger partial charge >= 0.3 is 5.97 Å². The first-order valence-corrected chi connectivity index (χ1v) is 9.52. The highest BCUT2D eigenvalue weighted by Gasteiger charge is 2.13. The van der Waals surface area contributed by atoms with Crippen molar-refractivity contribution in [3.05, 3.63) is 75.7 Å². The highest BCUT2D eigenvalue weighted by Crippen LogP contribution is 2.29. The zero-order valence-corrected chi connectivity index (χ0v) is 16.1. The van der Waals surface area contributed by atoms with E-state index < -0.39 is 5.97 Å². The van der Waals surface area contributed by atoms with Crippen LogP contribution in [-0.4, -0.2) is 18.1 Å². The Hall–Kier alpha value is -2.86. The Labute approximate surface area is 162 Å². The second-order valence-corrected chi connectivity index (χ2v) is 6.74. The average molecular weight is 383 g/mol. The second-order valence-electron chi connectivity index (χ2n) is 5.80. The predicted molar refractivity (Wildman–Crippen MR) is 104 cm³/mol. The SMILES string of the molecule is CCc1nc(COC(=O)c2ccc(OCc3ccccc3)c(OC)c2)cs1. The standard InChI is InChI=1S/C21H21NO4S/c1-3-20-22-17(14-27-20)13-26-21(23)16-9-10-18(19(11-16)24-2)25-12-15-7-5-4-6-8-15/h4-11,14H,3,12-13H2,1-2H3. The van der Waals surface area contributed by atoms with Crippen molar-refractivity contribution in [1.29, 1.82) is 0 Å². The summed E-state index contributed by atoms with van der Waals surface area (Å²) >= 11 is 1.57. The van der Waals surface area contributed by atoms with E-state index in [2.05, 4.69) is 4.98 Å². The van der Waals surface area contributed by atoms with Crippen LogP contribution in [0.2, 0.25) is 0 Å². The van der Waals surface area contributed by atoms with Crippen molar-refractivity contribution in [1.82, 2.24) is 4.98 Å². The third-order valence-electron chi connectivity index (χ3n) is 3.89. The van der Waals surface area contributed by atoms with Crippen molar-refractivity contribution in [2.45, 2.75) is 26.6 Å². The van der Waals surface area contributed by atoms with Crippen LogP contribution >= 0.6 is 11.3 Å². The van der Waals surface area contributed by atoms with E-state index in [9.17, 15) is 4.79 Å². The molecule has 0 N–H and O–H groups in total. The molecule has 0 amide bonds. The van der Waals surface area contributed by atoms with Gasteiger partial charge in [0.05, 0.1) is 23.4 Å². The lowest BCUT2D eigenvalue weighted by molar-refractivity contribution is 0.0468. The Bertz CT molecular complexity index is 892. The number of esters is 1. The van der Waals surface area contributed by atoms with Crippen molar-refractivity contribution in [2.24, 2.45) is 0 Å². The van der Waals surface area contributed by atoms with Gasteiger partial charge in [-0.15, -0.1) is 11.3 Å². The number of benzene rings is 2. The molecule has 0 aliphatic carbocycles. The van der Waals surface area contributed by atoms with E-state index in [0.717, 1.165) is 22.7 Å². The molecule has 0 radical (unpaired) electrons. The van der Waals surface area contributed by atoms with E-state index in [-0.39, 0.29) is 6.61 Å². The Morgan fingerprint density at radius 1 is 1.07 bits per heavy atom. The Morgan fingerprint density at radius 3 is 2.59 bits per heavy atom. The van der Waals surface area contributed by atoms with Crippen LogP contribution in [0.3, 0.4) is 0 Å². The first-order valence-electron chi connectivity index (χ1n) is 8.64. The van der Waals surface area contributed by atoms with Gasteiger partial charge in [0.15, 0.2) is 11.5 Å². The normalized spacial score (nSPS) is 10.4. The maximum absolute atomic E-state index is 12.3. The smallest absolute Gasteiger partial charge is 0.338 e. The van der Waals surface area contributed by atoms with Gasteiger partial charge in [0.2, 0.25) is 0 Å². The molecule has 0 atom stereocenters. The minimum absolute atomic E-state index is 0.157. The van der Waals surface area contributed by atoms with Crippen LogP contribution in [0.1, 0.15) is 33.5 Å². The minimum atomic E-state index is -0.422. The highest BCUT2D eigenvalue weighted by atomic mass is 32.1. The number of hydrogen-bond donors (Lipinski definition) is 0. The van der Waals surface area contributed by atoms with Gasteiger partial charge in [-0.3, -0.25) is 0 Å². The van der Waals surface area contributed by atoms with Crippen LogP contribution in [0.4, 0.5) is 0 Å². The molecule has 27 heavy (non-hydrogen) atoms. The summed E-state index contributed by atoms with van der Waals surface area (Å²) in [5.74, 6) is 0.640. The van der Waals surface area contributed by atoms with E-state index >= 15 is 0 Å². The summed E-state index contributed by atoms with van der Waals surface area (Å²) in [6.45, 7) is 2.62. The third kappa shape index (κ3) is 5.08. The maximum Gasteiger partial charge on any atom is 0.338 e. The fourth-order valence-electron chi connectivity index (χ4n) is 2.45. The number of hydrogen-bond acceptors (Lipinski definition) is 6. The maximum atomic E-state index is 12.3. The molecule has 0 saturated heterocycles. The molecule has 1 heterocycles. The summed E-state index contributed by atoms with van der Waals surface area (Å²) in [6.07, 6.45) is 0.875. The molecule has 3 aromatic rings. The van der Waals surface area contributed by atoms with E-state index in [4.69, 9.17) is 14.2 Å². The molecule has 0 aliphatic heterocycles. The summed E-state index contributed by atoms with van der Waals surface area (Å²) < 4.78 is 16.5. The number of aryl methyl sites for hydroxylation is 1. The molecule has 5 nitrogen and oxygen atoms in total. The quantitative estimate of drug-likeness (QED) is 0.530. The van der Waals surface area contributed by atoms with Gasteiger partial charge in [-0.1, -0.05) is 37.3 Å². The number of thiazole rings is 1. The molecule has 1 aromatic heterocycles. The van der Waals surface area contributed by atoms with E-state index in [1.165, 1.54) is 0 Å². The summed E-state index contributed by atoms with van der Waals surface area (Å²) in [7, 11) is 1.54. The van der Waals surface area contributed by atoms with Crippen LogP contribution in [0, 0.1) is 0 Å². The van der Waals surface area contributed by atoms with Crippen molar-refractivity contribution in [2.75, 3.05) is 7.11 Å². The van der Waals surface area contributed by atoms with Crippen molar-refractivity contribution in [3.8, 4) is 11.5 Å². The number of carbonyl (C=O) groups is 1. The van der Waals surface area contributed by atoms with Crippen molar-refractivity contribution < 1.29 is 19.0 Å². The number of methoxy groups -OCH3 is 1. The second kappa shape index (κ2) is 9.19. The molecule has 0 aliphatic rings. The van der Waals surface area contributed by atoms with Gasteiger partial charge < -0.3 is 14.2 Å². The monoisotopic (exact) mass is 383 g/mol. The number of nitrogens with zero attached hydrogens (tertiary/aromatic N) is 1. The first kappa shape index (κ1) is 18.9. The van der Waals surface area contributed by atoms with E-state index in [1.807, 2.05) is 42.6 Å². The molecule has 0 saturated carbocycles. The molecule has 0 bridgehead atoms. The molecule has 0 fully saturated rings. The summed E-state index contributed by atoms with van der Waals surface area (Å²) in [5, 5.41) is 2.94. The molecular weight excluding hydrogens is 362 g/mol. The van der Waals surface area contributed by atoms with Gasteiger partial charge in [0.25, 0.3) is 0 Å². The van der Waals surface area contributed by atoms with Crippen LogP contribution in [-0.2, 0) is 24.4 Å². The highest BCUT2D eigenvalue weighted by molar-refractivity contribution is 7.09. The van der Waals surface area contributed by atoms with Crippen LogP contribution in [0.25, 0.3) is 0 Å². The molecule has 0 unspecified atom stereocenters. The molecule has 2 aromatic carbocycles. The Kier molecular flexibility index (Phi) is 6.44. The van der Waals surface area contributed by atoms with Gasteiger partial charge in [0.1, 0.15) is 13.2 Å². The first-order chi connectivity index (χ1) is 13.2. The Balaban J connectivity index is 1.62. The lowest BCUT2D eigenvalue weighted by Crippen LogP contribution is -2.06. The van der Waals surface area contributed by atoms with Crippen LogP contribution in [0.5, 0.6) is 11.5 Å². The Morgan fingerprint density at radius 2 is 1.89 bits per heavy atom. The van der Waals surface area contributed by atoms with Crippen LogP contribution < -0.4 is 9.47 Å². The number of aromatic nitrogens is 1. The van der Waals surface area contributed by atoms with E-state index in [1.54, 1.807) is 36.6 Å². The van der Waals surface area contributed by atoms with Crippen molar-refractivity contribution >= 4 is 17.3 Å². The van der Waals surface area contributed by atoms with Crippen molar-refractivity contribution in [3.63, 3.8) is 0 Å². The third-order valence-corrected chi connectivity index (χ3v) is 4.93. The average Bonchev–Trinajstić information content (AvgIpc) is 3.19.